The summed E-state index contributed by atoms with van der Waals surface area (Å²) in [6, 6.07) is 0. The lowest BCUT2D eigenvalue weighted by Gasteiger charge is -2.18. The minimum absolute atomic E-state index is 0.0752. The van der Waals surface area contributed by atoms with E-state index in [4.69, 9.17) is 46.4 Å². The molecular weight excluding hydrogens is 430 g/mol. The fourth-order valence-electron chi connectivity index (χ4n) is 3.15. The number of hydrogen-bond acceptors (Lipinski definition) is 6. The van der Waals surface area contributed by atoms with Crippen LogP contribution >= 0.6 is 46.4 Å². The maximum Gasteiger partial charge on any atom is 0.348 e. The van der Waals surface area contributed by atoms with Gasteiger partial charge in [0.15, 0.2) is 0 Å². The van der Waals surface area contributed by atoms with Crippen molar-refractivity contribution in [3.8, 4) is 0 Å². The molecule has 1 saturated carbocycles. The van der Waals surface area contributed by atoms with Gasteiger partial charge in [0.2, 0.25) is 0 Å². The predicted octanol–water partition coefficient (Wildman–Crippen LogP) is 4.49. The van der Waals surface area contributed by atoms with E-state index in [-0.39, 0.29) is 55.0 Å². The summed E-state index contributed by atoms with van der Waals surface area (Å²) in [5, 5.41) is -0.406. The van der Waals surface area contributed by atoms with E-state index in [1.165, 1.54) is 0 Å². The van der Waals surface area contributed by atoms with Crippen molar-refractivity contribution in [3.63, 3.8) is 0 Å². The summed E-state index contributed by atoms with van der Waals surface area (Å²) in [5.41, 5.74) is -0.276. The number of fused-ring (bicyclic) bond motifs is 2. The van der Waals surface area contributed by atoms with Gasteiger partial charge in [-0.25, -0.2) is 9.59 Å². The third-order valence-corrected chi connectivity index (χ3v) is 6.24. The molecule has 3 aliphatic rings. The number of carbonyl (C=O) groups is 4. The fourth-order valence-corrected chi connectivity index (χ4v) is 4.15. The van der Waals surface area contributed by atoms with E-state index in [2.05, 4.69) is 9.47 Å². The Hall–Kier alpha value is -1.34. The SMILES string of the molecule is O=C1OC(=O)C2CCCCC12.O=C1OC(=O)c2c(Cl)c(Cl)c(Cl)c(Cl)c21. The molecule has 138 valence electrons. The van der Waals surface area contributed by atoms with Gasteiger partial charge in [-0.1, -0.05) is 59.2 Å². The van der Waals surface area contributed by atoms with Crippen molar-refractivity contribution < 1.29 is 28.7 Å². The first-order valence-electron chi connectivity index (χ1n) is 7.62. The number of hydrogen-bond donors (Lipinski definition) is 0. The molecule has 0 spiro atoms. The number of rotatable bonds is 0. The molecule has 0 amide bonds. The van der Waals surface area contributed by atoms with E-state index in [0.29, 0.717) is 0 Å². The first-order valence-corrected chi connectivity index (χ1v) is 9.13. The Bertz CT molecular complexity index is 783. The Morgan fingerprint density at radius 3 is 1.38 bits per heavy atom. The van der Waals surface area contributed by atoms with Gasteiger partial charge in [-0.05, 0) is 12.8 Å². The molecule has 0 radical (unpaired) electrons. The fraction of sp³-hybridized carbons (Fsp3) is 0.375. The summed E-state index contributed by atoms with van der Waals surface area (Å²) in [6.07, 6.45) is 3.80. The monoisotopic (exact) mass is 438 g/mol. The van der Waals surface area contributed by atoms with Crippen LogP contribution in [0.2, 0.25) is 20.1 Å². The second-order valence-corrected chi connectivity index (χ2v) is 7.43. The summed E-state index contributed by atoms with van der Waals surface area (Å²) in [4.78, 5) is 44.4. The van der Waals surface area contributed by atoms with Crippen molar-refractivity contribution in [1.29, 1.82) is 0 Å². The predicted molar refractivity (Wildman–Crippen MR) is 92.8 cm³/mol. The molecule has 4 rings (SSSR count). The minimum atomic E-state index is -0.875. The summed E-state index contributed by atoms with van der Waals surface area (Å²) in [5.74, 6) is -2.53. The molecule has 2 atom stereocenters. The molecule has 2 aliphatic heterocycles. The Morgan fingerprint density at radius 1 is 0.615 bits per heavy atom. The van der Waals surface area contributed by atoms with Gasteiger partial charge >= 0.3 is 23.9 Å². The molecule has 1 aromatic rings. The van der Waals surface area contributed by atoms with Gasteiger partial charge in [0, 0.05) is 0 Å². The number of carbonyl (C=O) groups excluding carboxylic acids is 4. The highest BCUT2D eigenvalue weighted by Crippen LogP contribution is 2.44. The van der Waals surface area contributed by atoms with Crippen LogP contribution in [-0.4, -0.2) is 23.9 Å². The van der Waals surface area contributed by atoms with Gasteiger partial charge < -0.3 is 9.47 Å². The zero-order valence-corrected chi connectivity index (χ0v) is 16.0. The quantitative estimate of drug-likeness (QED) is 0.256. The highest BCUT2D eigenvalue weighted by Gasteiger charge is 2.45. The van der Waals surface area contributed by atoms with E-state index in [9.17, 15) is 19.2 Å². The van der Waals surface area contributed by atoms with Crippen molar-refractivity contribution in [2.45, 2.75) is 25.7 Å². The van der Waals surface area contributed by atoms with Crippen LogP contribution in [0.5, 0.6) is 0 Å². The number of halogens is 4. The van der Waals surface area contributed by atoms with Gasteiger partial charge in [-0.3, -0.25) is 9.59 Å². The van der Waals surface area contributed by atoms with Crippen molar-refractivity contribution in [1.82, 2.24) is 0 Å². The van der Waals surface area contributed by atoms with Crippen molar-refractivity contribution in [2.75, 3.05) is 0 Å². The number of esters is 4. The highest BCUT2D eigenvalue weighted by atomic mass is 35.5. The van der Waals surface area contributed by atoms with Crippen LogP contribution in [0.4, 0.5) is 0 Å². The number of cyclic esters (lactones) is 4. The van der Waals surface area contributed by atoms with Crippen LogP contribution in [0, 0.1) is 11.8 Å². The lowest BCUT2D eigenvalue weighted by molar-refractivity contribution is -0.153. The van der Waals surface area contributed by atoms with E-state index in [0.717, 1.165) is 25.7 Å². The zero-order valence-electron chi connectivity index (χ0n) is 12.9. The van der Waals surface area contributed by atoms with Gasteiger partial charge in [0.25, 0.3) is 0 Å². The van der Waals surface area contributed by atoms with E-state index in [1.54, 1.807) is 0 Å². The Morgan fingerprint density at radius 2 is 1.00 bits per heavy atom. The number of ether oxygens (including phenoxy) is 2. The molecular formula is C16H10Cl4O6. The zero-order chi connectivity index (χ0) is 19.2. The molecule has 1 aliphatic carbocycles. The summed E-state index contributed by atoms with van der Waals surface area (Å²) in [6.45, 7) is 0. The molecule has 1 saturated heterocycles. The first kappa shape index (κ1) is 19.4. The topological polar surface area (TPSA) is 86.7 Å². The van der Waals surface area contributed by atoms with Gasteiger partial charge in [0.1, 0.15) is 0 Å². The molecule has 0 N–H and O–H groups in total. The summed E-state index contributed by atoms with van der Waals surface area (Å²) in [7, 11) is 0. The molecule has 10 heteroatoms. The van der Waals surface area contributed by atoms with E-state index >= 15 is 0 Å². The average molecular weight is 440 g/mol. The van der Waals surface area contributed by atoms with E-state index < -0.39 is 11.9 Å². The average Bonchev–Trinajstić information content (AvgIpc) is 3.08. The maximum absolute atomic E-state index is 11.2. The Kier molecular flexibility index (Phi) is 5.49. The van der Waals surface area contributed by atoms with Gasteiger partial charge in [-0.2, -0.15) is 0 Å². The van der Waals surface area contributed by atoms with Gasteiger partial charge in [0.05, 0.1) is 43.1 Å². The van der Waals surface area contributed by atoms with Crippen LogP contribution in [-0.2, 0) is 19.1 Å². The molecule has 2 unspecified atom stereocenters. The lowest BCUT2D eigenvalue weighted by Crippen LogP contribution is -2.21. The molecule has 26 heavy (non-hydrogen) atoms. The largest absolute Gasteiger partial charge is 0.393 e. The molecule has 1 aromatic carbocycles. The van der Waals surface area contributed by atoms with E-state index in [1.807, 2.05) is 0 Å². The maximum atomic E-state index is 11.2. The molecule has 6 nitrogen and oxygen atoms in total. The molecule has 2 fully saturated rings. The smallest absolute Gasteiger partial charge is 0.348 e. The number of benzene rings is 1. The van der Waals surface area contributed by atoms with Crippen LogP contribution in [0.25, 0.3) is 0 Å². The summed E-state index contributed by atoms with van der Waals surface area (Å²) >= 11 is 22.9. The highest BCUT2D eigenvalue weighted by molar-refractivity contribution is 6.54. The first-order chi connectivity index (χ1) is 12.2. The van der Waals surface area contributed by atoms with Crippen LogP contribution in [0.15, 0.2) is 0 Å². The third-order valence-electron chi connectivity index (χ3n) is 4.43. The minimum Gasteiger partial charge on any atom is -0.393 e. The van der Waals surface area contributed by atoms with Crippen LogP contribution in [0.3, 0.4) is 0 Å². The third kappa shape index (κ3) is 3.20. The second kappa shape index (κ2) is 7.35. The molecule has 0 aromatic heterocycles. The summed E-state index contributed by atoms with van der Waals surface area (Å²) < 4.78 is 8.87. The second-order valence-electron chi connectivity index (χ2n) is 5.92. The van der Waals surface area contributed by atoms with Gasteiger partial charge in [-0.15, -0.1) is 0 Å². The normalized spacial score (nSPS) is 23.7. The lowest BCUT2D eigenvalue weighted by atomic mass is 9.81. The Labute approximate surface area is 167 Å². The van der Waals surface area contributed by atoms with Crippen molar-refractivity contribution in [2.24, 2.45) is 11.8 Å². The van der Waals surface area contributed by atoms with Crippen molar-refractivity contribution in [3.05, 3.63) is 31.2 Å². The van der Waals surface area contributed by atoms with Crippen LogP contribution < -0.4 is 0 Å². The van der Waals surface area contributed by atoms with Crippen molar-refractivity contribution >= 4 is 70.3 Å². The molecule has 2 heterocycles. The molecule has 0 bridgehead atoms. The van der Waals surface area contributed by atoms with Crippen LogP contribution in [0.1, 0.15) is 46.4 Å². The standard InChI is InChI=1S/C8Cl4O3.C8H10O3/c9-3-1-2(8(14)15-7(1)13)4(10)6(12)5(3)11;9-7-5-3-1-2-4-6(5)8(10)11-7/h;5-6H,1-4H2. The Balaban J connectivity index is 0.000000158.